The van der Waals surface area contributed by atoms with Crippen molar-refractivity contribution in [3.8, 4) is 11.8 Å². The number of carbonyl (C=O) groups is 3. The van der Waals surface area contributed by atoms with E-state index < -0.39 is 35.3 Å². The standard InChI is InChI=1S/C32H41N7O6/c1-8-9-17-38-25-26(35-29(38)37-16-12-13-21(18-37)33-30(43)45-32(4,5)6)36(7)31(44)39(28(25)42)19-24(40)22-14-10-11-15-23(22)34-27(41)20(2)3/h10-11,14-15,20-21H,12-13,16-19H2,1-7H3,(H,33,43)(H,34,41). The van der Waals surface area contributed by atoms with Crippen molar-refractivity contribution in [1.29, 1.82) is 0 Å². The van der Waals surface area contributed by atoms with Crippen LogP contribution in [0.4, 0.5) is 16.4 Å². The predicted octanol–water partition coefficient (Wildman–Crippen LogP) is 2.89. The Labute approximate surface area is 261 Å². The highest BCUT2D eigenvalue weighted by Gasteiger charge is 2.29. The Morgan fingerprint density at radius 3 is 2.51 bits per heavy atom. The predicted molar refractivity (Wildman–Crippen MR) is 172 cm³/mol. The third-order valence-electron chi connectivity index (χ3n) is 7.36. The fourth-order valence-electron chi connectivity index (χ4n) is 5.14. The second kappa shape index (κ2) is 13.4. The van der Waals surface area contributed by atoms with E-state index in [4.69, 9.17) is 9.72 Å². The van der Waals surface area contributed by atoms with Crippen LogP contribution in [0.15, 0.2) is 33.9 Å². The van der Waals surface area contributed by atoms with Crippen molar-refractivity contribution in [3.05, 3.63) is 50.7 Å². The Bertz CT molecular complexity index is 1800. The Morgan fingerprint density at radius 2 is 1.84 bits per heavy atom. The van der Waals surface area contributed by atoms with Gasteiger partial charge >= 0.3 is 11.8 Å². The first-order chi connectivity index (χ1) is 21.2. The molecule has 0 spiro atoms. The van der Waals surface area contributed by atoms with Crippen molar-refractivity contribution in [2.24, 2.45) is 13.0 Å². The molecule has 2 amide bonds. The lowest BCUT2D eigenvalue weighted by Gasteiger charge is -2.34. The molecule has 1 aliphatic rings. The molecular formula is C32H41N7O6. The van der Waals surface area contributed by atoms with Gasteiger partial charge in [0.15, 0.2) is 16.9 Å². The molecule has 0 aliphatic carbocycles. The van der Waals surface area contributed by atoms with Crippen molar-refractivity contribution in [1.82, 2.24) is 24.0 Å². The van der Waals surface area contributed by atoms with Gasteiger partial charge in [0.05, 0.1) is 18.8 Å². The number of benzene rings is 1. The number of fused-ring (bicyclic) bond motifs is 1. The maximum Gasteiger partial charge on any atom is 0.407 e. The zero-order valence-corrected chi connectivity index (χ0v) is 26.9. The van der Waals surface area contributed by atoms with E-state index in [0.29, 0.717) is 24.7 Å². The SMILES string of the molecule is CC#CCn1c(N2CCCC(NC(=O)OC(C)(C)C)C2)nc2c1c(=O)n(CC(=O)c1ccccc1NC(=O)C(C)C)c(=O)n2C. The molecule has 1 unspecified atom stereocenters. The number of Topliss-reactive ketones (excluding diaryl/α,β-unsaturated/α-hetero) is 1. The molecule has 3 aromatic rings. The summed E-state index contributed by atoms with van der Waals surface area (Å²) >= 11 is 0. The number of amides is 2. The van der Waals surface area contributed by atoms with E-state index in [-0.39, 0.29) is 41.1 Å². The quantitative estimate of drug-likeness (QED) is 0.289. The Kier molecular flexibility index (Phi) is 9.85. The average molecular weight is 620 g/mol. The molecule has 0 saturated carbocycles. The first-order valence-electron chi connectivity index (χ1n) is 15.0. The first kappa shape index (κ1) is 33.0. The summed E-state index contributed by atoms with van der Waals surface area (Å²) in [6.45, 7) is 11.1. The van der Waals surface area contributed by atoms with Crippen LogP contribution in [-0.4, -0.2) is 61.2 Å². The maximum absolute atomic E-state index is 14.0. The molecule has 13 heteroatoms. The molecule has 1 saturated heterocycles. The first-order valence-corrected chi connectivity index (χ1v) is 15.0. The van der Waals surface area contributed by atoms with Gasteiger partial charge in [-0.15, -0.1) is 5.92 Å². The summed E-state index contributed by atoms with van der Waals surface area (Å²) in [6.07, 6.45) is 0.963. The van der Waals surface area contributed by atoms with Crippen LogP contribution in [0.3, 0.4) is 0 Å². The van der Waals surface area contributed by atoms with Gasteiger partial charge in [0.25, 0.3) is 5.56 Å². The molecule has 1 aromatic carbocycles. The number of para-hydroxylation sites is 1. The number of alkyl carbamates (subject to hydrolysis) is 1. The molecule has 1 aliphatic heterocycles. The lowest BCUT2D eigenvalue weighted by Crippen LogP contribution is -2.49. The van der Waals surface area contributed by atoms with Gasteiger partial charge in [-0.2, -0.15) is 4.98 Å². The second-order valence-electron chi connectivity index (χ2n) is 12.4. The number of aromatic nitrogens is 4. The molecule has 4 rings (SSSR count). The van der Waals surface area contributed by atoms with Crippen molar-refractivity contribution < 1.29 is 19.1 Å². The van der Waals surface area contributed by atoms with Gasteiger partial charge in [-0.1, -0.05) is 31.9 Å². The molecule has 1 atom stereocenters. The summed E-state index contributed by atoms with van der Waals surface area (Å²) in [5, 5.41) is 5.67. The summed E-state index contributed by atoms with van der Waals surface area (Å²) in [5.74, 6) is 5.17. The van der Waals surface area contributed by atoms with Gasteiger partial charge < -0.3 is 20.3 Å². The minimum absolute atomic E-state index is 0.119. The van der Waals surface area contributed by atoms with Crippen LogP contribution in [0.2, 0.25) is 0 Å². The van der Waals surface area contributed by atoms with Crippen LogP contribution in [-0.2, 0) is 29.7 Å². The molecule has 240 valence electrons. The van der Waals surface area contributed by atoms with E-state index in [1.807, 2.05) is 4.90 Å². The Balaban J connectivity index is 1.73. The number of carbonyl (C=O) groups excluding carboxylic acids is 3. The van der Waals surface area contributed by atoms with E-state index in [1.54, 1.807) is 70.4 Å². The molecule has 3 heterocycles. The number of ketones is 1. The van der Waals surface area contributed by atoms with Gasteiger partial charge in [0.1, 0.15) is 5.60 Å². The number of imidazole rings is 1. The minimum Gasteiger partial charge on any atom is -0.444 e. The van der Waals surface area contributed by atoms with Crippen molar-refractivity contribution >= 4 is 40.6 Å². The zero-order valence-electron chi connectivity index (χ0n) is 26.9. The Morgan fingerprint density at radius 1 is 1.13 bits per heavy atom. The van der Waals surface area contributed by atoms with Crippen LogP contribution < -0.4 is 26.8 Å². The van der Waals surface area contributed by atoms with Gasteiger partial charge in [-0.3, -0.25) is 28.1 Å². The van der Waals surface area contributed by atoms with Gasteiger partial charge in [-0.25, -0.2) is 9.59 Å². The molecule has 2 N–H and O–H groups in total. The monoisotopic (exact) mass is 619 g/mol. The molecule has 1 fully saturated rings. The fraction of sp³-hybridized carbons (Fsp3) is 0.500. The number of nitrogens with one attached hydrogen (secondary N) is 2. The summed E-state index contributed by atoms with van der Waals surface area (Å²) in [4.78, 5) is 72.4. The number of piperidine rings is 1. The number of anilines is 2. The molecule has 45 heavy (non-hydrogen) atoms. The number of ether oxygens (including phenoxy) is 1. The van der Waals surface area contributed by atoms with E-state index in [1.165, 1.54) is 11.6 Å². The third kappa shape index (κ3) is 7.45. The summed E-state index contributed by atoms with van der Waals surface area (Å²) in [5.41, 5.74) is -1.24. The van der Waals surface area contributed by atoms with Crippen LogP contribution in [0.1, 0.15) is 64.7 Å². The largest absolute Gasteiger partial charge is 0.444 e. The number of hydrogen-bond donors (Lipinski definition) is 2. The van der Waals surface area contributed by atoms with E-state index in [9.17, 15) is 24.0 Å². The van der Waals surface area contributed by atoms with E-state index in [2.05, 4.69) is 22.5 Å². The topological polar surface area (TPSA) is 150 Å². The number of aryl methyl sites for hydroxylation is 1. The van der Waals surface area contributed by atoms with Gasteiger partial charge in [0, 0.05) is 37.7 Å². The number of rotatable bonds is 8. The highest BCUT2D eigenvalue weighted by atomic mass is 16.6. The summed E-state index contributed by atoms with van der Waals surface area (Å²) in [6, 6.07) is 6.26. The van der Waals surface area contributed by atoms with E-state index >= 15 is 0 Å². The lowest BCUT2D eigenvalue weighted by molar-refractivity contribution is -0.118. The molecular weight excluding hydrogens is 578 g/mol. The summed E-state index contributed by atoms with van der Waals surface area (Å²) < 4.78 is 9.21. The van der Waals surface area contributed by atoms with Crippen molar-refractivity contribution in [2.75, 3.05) is 23.3 Å². The smallest absolute Gasteiger partial charge is 0.407 e. The highest BCUT2D eigenvalue weighted by molar-refractivity contribution is 6.05. The van der Waals surface area contributed by atoms with Crippen LogP contribution in [0, 0.1) is 17.8 Å². The highest BCUT2D eigenvalue weighted by Crippen LogP contribution is 2.24. The van der Waals surface area contributed by atoms with Crippen molar-refractivity contribution in [2.45, 2.75) is 79.1 Å². The summed E-state index contributed by atoms with van der Waals surface area (Å²) in [7, 11) is 1.50. The van der Waals surface area contributed by atoms with Gasteiger partial charge in [0.2, 0.25) is 11.9 Å². The third-order valence-corrected chi connectivity index (χ3v) is 7.36. The molecule has 0 radical (unpaired) electrons. The second-order valence-corrected chi connectivity index (χ2v) is 12.4. The molecule has 13 nitrogen and oxygen atoms in total. The van der Waals surface area contributed by atoms with Crippen molar-refractivity contribution in [3.63, 3.8) is 0 Å². The molecule has 2 aromatic heterocycles. The van der Waals surface area contributed by atoms with Crippen LogP contribution in [0.25, 0.3) is 11.2 Å². The van der Waals surface area contributed by atoms with E-state index in [0.717, 1.165) is 17.4 Å². The average Bonchev–Trinajstić information content (AvgIpc) is 3.36. The fourth-order valence-corrected chi connectivity index (χ4v) is 5.14. The minimum atomic E-state index is -0.703. The number of nitrogens with zero attached hydrogens (tertiary/aromatic N) is 5. The van der Waals surface area contributed by atoms with Gasteiger partial charge in [-0.05, 0) is 52.7 Å². The zero-order chi connectivity index (χ0) is 33.1. The van der Waals surface area contributed by atoms with Crippen LogP contribution >= 0.6 is 0 Å². The van der Waals surface area contributed by atoms with Crippen LogP contribution in [0.5, 0.6) is 0 Å². The Hall–Kier alpha value is -4.86. The lowest BCUT2D eigenvalue weighted by atomic mass is 10.1. The number of hydrogen-bond acceptors (Lipinski definition) is 8. The molecule has 0 bridgehead atoms. The normalized spacial score (nSPS) is 15.0. The maximum atomic E-state index is 14.0.